The second kappa shape index (κ2) is 7.29. The van der Waals surface area contributed by atoms with Gasteiger partial charge in [-0.2, -0.15) is 0 Å². The minimum Gasteiger partial charge on any atom is -0.492 e. The lowest BCUT2D eigenvalue weighted by atomic mass is 9.92. The molecule has 2 N–H and O–H groups in total. The summed E-state index contributed by atoms with van der Waals surface area (Å²) >= 11 is 0. The van der Waals surface area contributed by atoms with Crippen molar-refractivity contribution in [3.8, 4) is 5.75 Å². The summed E-state index contributed by atoms with van der Waals surface area (Å²) in [5.41, 5.74) is 0.271. The number of hydrogen-bond acceptors (Lipinski definition) is 3. The normalized spacial score (nSPS) is 21.8. The molecule has 0 radical (unpaired) electrons. The number of halogens is 2. The van der Waals surface area contributed by atoms with Gasteiger partial charge in [0.25, 0.3) is 0 Å². The first-order valence-electron chi connectivity index (χ1n) is 7.56. The van der Waals surface area contributed by atoms with Crippen LogP contribution in [0, 0.1) is 17.2 Å². The van der Waals surface area contributed by atoms with E-state index in [1.165, 1.54) is 12.1 Å². The highest BCUT2D eigenvalue weighted by Crippen LogP contribution is 2.58. The van der Waals surface area contributed by atoms with Crippen molar-refractivity contribution in [2.45, 2.75) is 19.3 Å². The summed E-state index contributed by atoms with van der Waals surface area (Å²) in [6.07, 6.45) is 3.24. The number of carbonyl (C=O) groups excluding carboxylic acids is 1. The van der Waals surface area contributed by atoms with Crippen molar-refractivity contribution in [2.75, 3.05) is 26.2 Å². The maximum atomic E-state index is 12.7. The third-order valence-electron chi connectivity index (χ3n) is 4.59. The molecular weight excluding hydrogens is 307 g/mol. The molecule has 1 heterocycles. The van der Waals surface area contributed by atoms with Gasteiger partial charge in [-0.3, -0.25) is 4.79 Å². The van der Waals surface area contributed by atoms with Crippen LogP contribution in [0.5, 0.6) is 5.75 Å². The highest BCUT2D eigenvalue weighted by atomic mass is 35.5. The molecule has 4 nitrogen and oxygen atoms in total. The first-order valence-corrected chi connectivity index (χ1v) is 7.56. The molecule has 122 valence electrons. The van der Waals surface area contributed by atoms with Gasteiger partial charge in [-0.15, -0.1) is 12.4 Å². The Morgan fingerprint density at radius 3 is 2.68 bits per heavy atom. The Morgan fingerprint density at radius 1 is 1.32 bits per heavy atom. The maximum absolute atomic E-state index is 12.7. The summed E-state index contributed by atoms with van der Waals surface area (Å²) < 4.78 is 18.2. The van der Waals surface area contributed by atoms with Crippen LogP contribution < -0.4 is 15.4 Å². The molecule has 1 aliphatic carbocycles. The van der Waals surface area contributed by atoms with Crippen LogP contribution in [-0.2, 0) is 4.79 Å². The number of carbonyl (C=O) groups is 1. The van der Waals surface area contributed by atoms with Crippen molar-refractivity contribution >= 4 is 18.3 Å². The lowest BCUT2D eigenvalue weighted by molar-refractivity contribution is -0.123. The number of piperidine rings is 1. The van der Waals surface area contributed by atoms with Crippen molar-refractivity contribution in [1.82, 2.24) is 10.6 Å². The van der Waals surface area contributed by atoms with Crippen molar-refractivity contribution in [1.29, 1.82) is 0 Å². The number of rotatable bonds is 5. The Balaban J connectivity index is 0.00000176. The smallest absolute Gasteiger partial charge is 0.223 e. The van der Waals surface area contributed by atoms with E-state index in [9.17, 15) is 9.18 Å². The van der Waals surface area contributed by atoms with Gasteiger partial charge in [0.05, 0.1) is 6.54 Å². The molecule has 1 unspecified atom stereocenters. The fourth-order valence-corrected chi connectivity index (χ4v) is 3.19. The number of amides is 1. The van der Waals surface area contributed by atoms with Crippen molar-refractivity contribution in [3.63, 3.8) is 0 Å². The van der Waals surface area contributed by atoms with Crippen molar-refractivity contribution in [3.05, 3.63) is 30.1 Å². The first-order chi connectivity index (χ1) is 10.2. The molecule has 2 aliphatic rings. The predicted octanol–water partition coefficient (Wildman–Crippen LogP) is 2.13. The Labute approximate surface area is 136 Å². The molecule has 3 rings (SSSR count). The average molecular weight is 329 g/mol. The predicted molar refractivity (Wildman–Crippen MR) is 84.8 cm³/mol. The summed E-state index contributed by atoms with van der Waals surface area (Å²) in [4.78, 5) is 12.1. The summed E-state index contributed by atoms with van der Waals surface area (Å²) in [7, 11) is 0. The Hall–Kier alpha value is -1.33. The van der Waals surface area contributed by atoms with E-state index in [0.29, 0.717) is 18.9 Å². The lowest BCUT2D eigenvalue weighted by Gasteiger charge is -2.23. The second-order valence-electron chi connectivity index (χ2n) is 5.96. The van der Waals surface area contributed by atoms with Gasteiger partial charge in [-0.05, 0) is 62.0 Å². The molecule has 1 aliphatic heterocycles. The largest absolute Gasteiger partial charge is 0.492 e. The minimum atomic E-state index is -0.281. The molecule has 0 bridgehead atoms. The molecular formula is C16H22ClFN2O2. The topological polar surface area (TPSA) is 50.4 Å². The van der Waals surface area contributed by atoms with E-state index < -0.39 is 0 Å². The summed E-state index contributed by atoms with van der Waals surface area (Å²) in [5, 5.41) is 6.28. The zero-order chi connectivity index (χ0) is 14.7. The van der Waals surface area contributed by atoms with Crippen LogP contribution in [0.4, 0.5) is 4.39 Å². The summed E-state index contributed by atoms with van der Waals surface area (Å²) in [6.45, 7) is 2.94. The van der Waals surface area contributed by atoms with E-state index in [1.54, 1.807) is 12.1 Å². The molecule has 1 amide bonds. The monoisotopic (exact) mass is 328 g/mol. The molecule has 1 spiro atoms. The van der Waals surface area contributed by atoms with E-state index in [0.717, 1.165) is 32.4 Å². The van der Waals surface area contributed by atoms with Gasteiger partial charge in [0.1, 0.15) is 18.2 Å². The maximum Gasteiger partial charge on any atom is 0.223 e. The van der Waals surface area contributed by atoms with E-state index in [-0.39, 0.29) is 35.5 Å². The van der Waals surface area contributed by atoms with Gasteiger partial charge in [0.2, 0.25) is 5.91 Å². The van der Waals surface area contributed by atoms with Gasteiger partial charge in [-0.25, -0.2) is 4.39 Å². The molecule has 6 heteroatoms. The van der Waals surface area contributed by atoms with E-state index >= 15 is 0 Å². The molecule has 22 heavy (non-hydrogen) atoms. The number of hydrogen-bond donors (Lipinski definition) is 2. The molecule has 1 aromatic rings. The minimum absolute atomic E-state index is 0. The van der Waals surface area contributed by atoms with Crippen LogP contribution in [-0.4, -0.2) is 32.1 Å². The van der Waals surface area contributed by atoms with Crippen LogP contribution in [0.2, 0.25) is 0 Å². The van der Waals surface area contributed by atoms with Crippen LogP contribution in [0.25, 0.3) is 0 Å². The second-order valence-corrected chi connectivity index (χ2v) is 5.96. The first kappa shape index (κ1) is 17.0. The molecule has 1 aromatic carbocycles. The third kappa shape index (κ3) is 3.90. The molecule has 2 fully saturated rings. The third-order valence-corrected chi connectivity index (χ3v) is 4.59. The standard InChI is InChI=1S/C16H21FN2O2.ClH/c17-12-1-3-13(4-2-12)21-10-9-19-15(20)14-11-16(14)5-7-18-8-6-16;/h1-4,14,18H,5-11H2,(H,19,20);1H. The SMILES string of the molecule is Cl.O=C(NCCOc1ccc(F)cc1)C1CC12CCNCC2. The van der Waals surface area contributed by atoms with Crippen molar-refractivity contribution in [2.24, 2.45) is 11.3 Å². The molecule has 1 saturated carbocycles. The zero-order valence-electron chi connectivity index (χ0n) is 12.4. The van der Waals surface area contributed by atoms with E-state index in [4.69, 9.17) is 4.74 Å². The average Bonchev–Trinajstić information content (AvgIpc) is 3.19. The lowest BCUT2D eigenvalue weighted by Crippen LogP contribution is -2.35. The molecule has 0 aromatic heterocycles. The Morgan fingerprint density at radius 2 is 2.00 bits per heavy atom. The van der Waals surface area contributed by atoms with Gasteiger partial charge in [0, 0.05) is 5.92 Å². The van der Waals surface area contributed by atoms with Crippen LogP contribution in [0.3, 0.4) is 0 Å². The Kier molecular flexibility index (Phi) is 5.64. The number of benzene rings is 1. The summed E-state index contributed by atoms with van der Waals surface area (Å²) in [5.74, 6) is 0.675. The van der Waals surface area contributed by atoms with Gasteiger partial charge in [0.15, 0.2) is 0 Å². The van der Waals surface area contributed by atoms with Crippen LogP contribution in [0.1, 0.15) is 19.3 Å². The van der Waals surface area contributed by atoms with Crippen LogP contribution >= 0.6 is 12.4 Å². The number of nitrogens with one attached hydrogen (secondary N) is 2. The zero-order valence-corrected chi connectivity index (χ0v) is 13.3. The summed E-state index contributed by atoms with van der Waals surface area (Å²) in [6, 6.07) is 5.89. The Bertz CT molecular complexity index is 503. The van der Waals surface area contributed by atoms with Gasteiger partial charge < -0.3 is 15.4 Å². The fraction of sp³-hybridized carbons (Fsp3) is 0.562. The number of ether oxygens (including phenoxy) is 1. The van der Waals surface area contributed by atoms with Crippen LogP contribution in [0.15, 0.2) is 24.3 Å². The molecule has 1 saturated heterocycles. The quantitative estimate of drug-likeness (QED) is 0.814. The molecule has 1 atom stereocenters. The van der Waals surface area contributed by atoms with E-state index in [1.807, 2.05) is 0 Å². The van der Waals surface area contributed by atoms with Crippen molar-refractivity contribution < 1.29 is 13.9 Å². The highest BCUT2D eigenvalue weighted by Gasteiger charge is 2.57. The van der Waals surface area contributed by atoms with E-state index in [2.05, 4.69) is 10.6 Å². The fourth-order valence-electron chi connectivity index (χ4n) is 3.19. The van der Waals surface area contributed by atoms with Gasteiger partial charge in [-0.1, -0.05) is 0 Å². The van der Waals surface area contributed by atoms with Gasteiger partial charge >= 0.3 is 0 Å². The highest BCUT2D eigenvalue weighted by molar-refractivity contribution is 5.85.